The lowest BCUT2D eigenvalue weighted by Gasteiger charge is -2.24. The lowest BCUT2D eigenvalue weighted by atomic mass is 9.98. The summed E-state index contributed by atoms with van der Waals surface area (Å²) in [7, 11) is 4.53. The molecule has 5 rings (SSSR count). The van der Waals surface area contributed by atoms with Gasteiger partial charge in [0, 0.05) is 11.6 Å². The van der Waals surface area contributed by atoms with Crippen LogP contribution in [0.2, 0.25) is 0 Å². The number of rotatable bonds is 5. The van der Waals surface area contributed by atoms with Crippen LogP contribution >= 0.6 is 11.3 Å². The average molecular weight is 450 g/mol. The van der Waals surface area contributed by atoms with Crippen molar-refractivity contribution in [1.82, 2.24) is 4.98 Å². The zero-order valence-corrected chi connectivity index (χ0v) is 18.3. The Morgan fingerprint density at radius 2 is 1.75 bits per heavy atom. The van der Waals surface area contributed by atoms with Gasteiger partial charge in [0.1, 0.15) is 5.58 Å². The maximum atomic E-state index is 13.6. The summed E-state index contributed by atoms with van der Waals surface area (Å²) in [6, 6.07) is 9.54. The van der Waals surface area contributed by atoms with E-state index in [1.807, 2.05) is 0 Å². The Hall–Kier alpha value is -3.85. The molecule has 0 bridgehead atoms. The Labute approximate surface area is 186 Å². The number of hydrogen-bond acceptors (Lipinski definition) is 8. The van der Waals surface area contributed by atoms with Crippen LogP contribution in [-0.2, 0) is 0 Å². The van der Waals surface area contributed by atoms with E-state index in [9.17, 15) is 9.59 Å². The number of fused-ring (bicyclic) bond motifs is 2. The summed E-state index contributed by atoms with van der Waals surface area (Å²) in [5, 5.41) is 2.62. The summed E-state index contributed by atoms with van der Waals surface area (Å²) >= 11 is 1.29. The van der Waals surface area contributed by atoms with Crippen LogP contribution < -0.4 is 24.5 Å². The van der Waals surface area contributed by atoms with Crippen molar-refractivity contribution in [3.8, 4) is 17.2 Å². The highest BCUT2D eigenvalue weighted by molar-refractivity contribution is 7.13. The number of ether oxygens (including phenoxy) is 3. The van der Waals surface area contributed by atoms with E-state index in [2.05, 4.69) is 4.98 Å². The van der Waals surface area contributed by atoms with E-state index < -0.39 is 11.9 Å². The standard InChI is InChI=1S/C23H18N2O6S/c1-28-15-10-12(11-16(29-2)20(15)30-3)18-17-19(26)13-6-4-5-7-14(13)31-21(17)22(27)25(18)23-24-8-9-32-23/h4-11,18H,1-3H3. The lowest BCUT2D eigenvalue weighted by Crippen LogP contribution is -2.29. The first-order valence-electron chi connectivity index (χ1n) is 9.67. The van der Waals surface area contributed by atoms with Gasteiger partial charge < -0.3 is 18.6 Å². The summed E-state index contributed by atoms with van der Waals surface area (Å²) in [5.74, 6) is 0.799. The quantitative estimate of drug-likeness (QED) is 0.453. The number of nitrogens with zero attached hydrogens (tertiary/aromatic N) is 2. The zero-order chi connectivity index (χ0) is 22.4. The minimum absolute atomic E-state index is 0.00246. The molecule has 0 saturated carbocycles. The Kier molecular flexibility index (Phi) is 4.82. The molecule has 0 fully saturated rings. The number of amides is 1. The first kappa shape index (κ1) is 20.1. The van der Waals surface area contributed by atoms with Crippen molar-refractivity contribution in [1.29, 1.82) is 0 Å². The van der Waals surface area contributed by atoms with Crippen molar-refractivity contribution in [2.75, 3.05) is 26.2 Å². The van der Waals surface area contributed by atoms with Gasteiger partial charge >= 0.3 is 0 Å². The van der Waals surface area contributed by atoms with Crippen molar-refractivity contribution in [2.24, 2.45) is 0 Å². The molecule has 32 heavy (non-hydrogen) atoms. The minimum Gasteiger partial charge on any atom is -0.493 e. The van der Waals surface area contributed by atoms with Crippen LogP contribution in [0.4, 0.5) is 5.13 Å². The van der Waals surface area contributed by atoms with E-state index >= 15 is 0 Å². The van der Waals surface area contributed by atoms with Crippen molar-refractivity contribution < 1.29 is 23.4 Å². The molecule has 8 nitrogen and oxygen atoms in total. The SMILES string of the molecule is COc1cc(C2c3c(oc4ccccc4c3=O)C(=O)N2c2nccs2)cc(OC)c1OC. The predicted molar refractivity (Wildman–Crippen MR) is 119 cm³/mol. The molecule has 2 aromatic carbocycles. The highest BCUT2D eigenvalue weighted by Crippen LogP contribution is 2.46. The number of methoxy groups -OCH3 is 3. The second-order valence-electron chi connectivity index (χ2n) is 7.02. The molecule has 0 aliphatic carbocycles. The number of carbonyl (C=O) groups is 1. The van der Waals surface area contributed by atoms with Crippen molar-refractivity contribution in [3.05, 3.63) is 75.1 Å². The molecule has 0 radical (unpaired) electrons. The van der Waals surface area contributed by atoms with E-state index in [-0.39, 0.29) is 16.8 Å². The van der Waals surface area contributed by atoms with Gasteiger partial charge in [-0.05, 0) is 29.8 Å². The fourth-order valence-electron chi connectivity index (χ4n) is 4.03. The van der Waals surface area contributed by atoms with Crippen molar-refractivity contribution in [3.63, 3.8) is 0 Å². The predicted octanol–water partition coefficient (Wildman–Crippen LogP) is 4.03. The fourth-order valence-corrected chi connectivity index (χ4v) is 4.69. The maximum Gasteiger partial charge on any atom is 0.297 e. The molecular weight excluding hydrogens is 432 g/mol. The third kappa shape index (κ3) is 2.85. The number of para-hydroxylation sites is 1. The molecule has 1 amide bonds. The van der Waals surface area contributed by atoms with Crippen LogP contribution in [0, 0.1) is 0 Å². The minimum atomic E-state index is -0.779. The molecule has 1 aliphatic rings. The first-order chi connectivity index (χ1) is 15.6. The van der Waals surface area contributed by atoms with Gasteiger partial charge in [-0.1, -0.05) is 12.1 Å². The topological polar surface area (TPSA) is 91.1 Å². The van der Waals surface area contributed by atoms with Crippen LogP contribution in [0.25, 0.3) is 11.0 Å². The smallest absolute Gasteiger partial charge is 0.297 e. The first-order valence-corrected chi connectivity index (χ1v) is 10.6. The number of hydrogen-bond donors (Lipinski definition) is 0. The summed E-state index contributed by atoms with van der Waals surface area (Å²) in [5.41, 5.74) is 0.935. The summed E-state index contributed by atoms with van der Waals surface area (Å²) < 4.78 is 22.4. The van der Waals surface area contributed by atoms with Crippen molar-refractivity contribution >= 4 is 33.3 Å². The molecular formula is C23H18N2O6S. The summed E-state index contributed by atoms with van der Waals surface area (Å²) in [6.07, 6.45) is 1.61. The largest absolute Gasteiger partial charge is 0.493 e. The Morgan fingerprint density at radius 1 is 1.03 bits per heavy atom. The molecule has 0 N–H and O–H groups in total. The Balaban J connectivity index is 1.83. The molecule has 3 heterocycles. The monoisotopic (exact) mass is 450 g/mol. The van der Waals surface area contributed by atoms with Gasteiger partial charge in [0.05, 0.1) is 38.3 Å². The van der Waals surface area contributed by atoms with Gasteiger partial charge in [-0.15, -0.1) is 11.3 Å². The van der Waals surface area contributed by atoms with E-state index in [0.29, 0.717) is 38.9 Å². The molecule has 9 heteroatoms. The third-order valence-corrected chi connectivity index (χ3v) is 6.18. The Bertz CT molecular complexity index is 1370. The van der Waals surface area contributed by atoms with E-state index in [4.69, 9.17) is 18.6 Å². The highest BCUT2D eigenvalue weighted by atomic mass is 32.1. The number of carbonyl (C=O) groups excluding carboxylic acids is 1. The number of anilines is 1. The average Bonchev–Trinajstić information content (AvgIpc) is 3.45. The lowest BCUT2D eigenvalue weighted by molar-refractivity contribution is 0.0971. The fraction of sp³-hybridized carbons (Fsp3) is 0.174. The second kappa shape index (κ2) is 7.69. The molecule has 1 unspecified atom stereocenters. The van der Waals surface area contributed by atoms with Gasteiger partial charge in [0.25, 0.3) is 5.91 Å². The zero-order valence-electron chi connectivity index (χ0n) is 17.4. The summed E-state index contributed by atoms with van der Waals surface area (Å²) in [6.45, 7) is 0. The molecule has 4 aromatic rings. The van der Waals surface area contributed by atoms with E-state index in [1.54, 1.807) is 48.0 Å². The number of aromatic nitrogens is 1. The molecule has 1 aliphatic heterocycles. The summed E-state index contributed by atoms with van der Waals surface area (Å²) in [4.78, 5) is 32.8. The van der Waals surface area contributed by atoms with Crippen LogP contribution in [0.15, 0.2) is 57.2 Å². The van der Waals surface area contributed by atoms with Gasteiger partial charge in [-0.2, -0.15) is 0 Å². The van der Waals surface area contributed by atoms with Gasteiger partial charge in [-0.3, -0.25) is 14.5 Å². The molecule has 0 spiro atoms. The molecule has 0 saturated heterocycles. The molecule has 162 valence electrons. The molecule has 2 aromatic heterocycles. The molecule has 1 atom stereocenters. The number of benzene rings is 2. The van der Waals surface area contributed by atoms with Crippen LogP contribution in [0.1, 0.15) is 27.7 Å². The van der Waals surface area contributed by atoms with Gasteiger partial charge in [0.2, 0.25) is 11.5 Å². The number of thiazole rings is 1. The normalized spacial score (nSPS) is 15.2. The van der Waals surface area contributed by atoms with Crippen LogP contribution in [-0.4, -0.2) is 32.2 Å². The van der Waals surface area contributed by atoms with Crippen LogP contribution in [0.5, 0.6) is 17.2 Å². The van der Waals surface area contributed by atoms with E-state index in [1.165, 1.54) is 37.6 Å². The van der Waals surface area contributed by atoms with E-state index in [0.717, 1.165) is 0 Å². The van der Waals surface area contributed by atoms with Crippen LogP contribution in [0.3, 0.4) is 0 Å². The Morgan fingerprint density at radius 3 is 2.38 bits per heavy atom. The van der Waals surface area contributed by atoms with Crippen molar-refractivity contribution in [2.45, 2.75) is 6.04 Å². The van der Waals surface area contributed by atoms with Gasteiger partial charge in [0.15, 0.2) is 22.1 Å². The highest BCUT2D eigenvalue weighted by Gasteiger charge is 2.45. The third-order valence-electron chi connectivity index (χ3n) is 5.41. The maximum absolute atomic E-state index is 13.6. The second-order valence-corrected chi connectivity index (χ2v) is 7.89. The van der Waals surface area contributed by atoms with Gasteiger partial charge in [-0.25, -0.2) is 4.98 Å².